The standard InChI is InChI=1S/C10H10BrClN2O/c11-8-5-7(9(12)15)6-13-10(8)14-3-1-2-4-14/h5-6H,1-4H2. The topological polar surface area (TPSA) is 33.2 Å². The van der Waals surface area contributed by atoms with E-state index in [-0.39, 0.29) is 0 Å². The van der Waals surface area contributed by atoms with Crippen LogP contribution in [-0.2, 0) is 0 Å². The van der Waals surface area contributed by atoms with Gasteiger partial charge in [-0.3, -0.25) is 4.79 Å². The molecule has 1 aromatic rings. The van der Waals surface area contributed by atoms with Crippen LogP contribution in [0, 0.1) is 0 Å². The van der Waals surface area contributed by atoms with Gasteiger partial charge in [-0.15, -0.1) is 0 Å². The lowest BCUT2D eigenvalue weighted by Gasteiger charge is -2.17. The molecule has 0 saturated carbocycles. The molecule has 0 amide bonds. The van der Waals surface area contributed by atoms with E-state index in [9.17, 15) is 4.79 Å². The molecule has 0 aliphatic carbocycles. The molecular formula is C10H10BrClN2O. The first-order valence-electron chi connectivity index (χ1n) is 4.79. The van der Waals surface area contributed by atoms with Crippen LogP contribution in [0.3, 0.4) is 0 Å². The number of nitrogens with zero attached hydrogens (tertiary/aromatic N) is 2. The average Bonchev–Trinajstić information content (AvgIpc) is 2.70. The Labute approximate surface area is 102 Å². The predicted molar refractivity (Wildman–Crippen MR) is 63.6 cm³/mol. The van der Waals surface area contributed by atoms with Crippen molar-refractivity contribution in [1.82, 2.24) is 4.98 Å². The molecule has 0 unspecified atom stereocenters. The van der Waals surface area contributed by atoms with Crippen LogP contribution in [0.4, 0.5) is 5.82 Å². The maximum absolute atomic E-state index is 10.9. The Kier molecular flexibility index (Phi) is 3.26. The third kappa shape index (κ3) is 2.32. The van der Waals surface area contributed by atoms with Gasteiger partial charge in [0.25, 0.3) is 5.24 Å². The van der Waals surface area contributed by atoms with Crippen molar-refractivity contribution >= 4 is 38.6 Å². The predicted octanol–water partition coefficient (Wildman–Crippen LogP) is 2.82. The number of hydrogen-bond acceptors (Lipinski definition) is 3. The van der Waals surface area contributed by atoms with Gasteiger partial charge in [0.15, 0.2) is 0 Å². The number of hydrogen-bond donors (Lipinski definition) is 0. The van der Waals surface area contributed by atoms with Crippen molar-refractivity contribution in [3.63, 3.8) is 0 Å². The highest BCUT2D eigenvalue weighted by molar-refractivity contribution is 9.10. The SMILES string of the molecule is O=C(Cl)c1cnc(N2CCCC2)c(Br)c1. The molecule has 3 nitrogen and oxygen atoms in total. The molecule has 0 spiro atoms. The summed E-state index contributed by atoms with van der Waals surface area (Å²) in [6, 6.07) is 1.72. The lowest BCUT2D eigenvalue weighted by Crippen LogP contribution is -2.19. The highest BCUT2D eigenvalue weighted by Crippen LogP contribution is 2.27. The molecule has 1 fully saturated rings. The minimum Gasteiger partial charge on any atom is -0.356 e. The van der Waals surface area contributed by atoms with Gasteiger partial charge in [0.05, 0.1) is 10.0 Å². The lowest BCUT2D eigenvalue weighted by atomic mass is 10.3. The van der Waals surface area contributed by atoms with Gasteiger partial charge in [0.2, 0.25) is 0 Å². The first-order chi connectivity index (χ1) is 7.18. The molecule has 1 aliphatic heterocycles. The van der Waals surface area contributed by atoms with Gasteiger partial charge in [-0.2, -0.15) is 0 Å². The van der Waals surface area contributed by atoms with Crippen LogP contribution in [0.1, 0.15) is 23.2 Å². The van der Waals surface area contributed by atoms with Gasteiger partial charge >= 0.3 is 0 Å². The molecule has 0 bridgehead atoms. The second-order valence-corrected chi connectivity index (χ2v) is 4.69. The van der Waals surface area contributed by atoms with Gasteiger partial charge in [-0.25, -0.2) is 4.98 Å². The first-order valence-corrected chi connectivity index (χ1v) is 5.96. The Hall–Kier alpha value is -0.610. The van der Waals surface area contributed by atoms with Crippen LogP contribution in [0.15, 0.2) is 16.7 Å². The van der Waals surface area contributed by atoms with Gasteiger partial charge in [0.1, 0.15) is 5.82 Å². The van der Waals surface area contributed by atoms with E-state index in [1.807, 2.05) is 0 Å². The van der Waals surface area contributed by atoms with Crippen molar-refractivity contribution in [2.75, 3.05) is 18.0 Å². The summed E-state index contributed by atoms with van der Waals surface area (Å²) in [5.74, 6) is 0.897. The van der Waals surface area contributed by atoms with Crippen LogP contribution in [0.25, 0.3) is 0 Å². The summed E-state index contributed by atoms with van der Waals surface area (Å²) in [5, 5.41) is -0.476. The molecule has 0 radical (unpaired) electrons. The Bertz CT molecular complexity index is 391. The molecular weight excluding hydrogens is 279 g/mol. The van der Waals surface area contributed by atoms with E-state index >= 15 is 0 Å². The fraction of sp³-hybridized carbons (Fsp3) is 0.400. The number of rotatable bonds is 2. The highest BCUT2D eigenvalue weighted by atomic mass is 79.9. The summed E-state index contributed by atoms with van der Waals surface area (Å²) in [4.78, 5) is 17.4. The largest absolute Gasteiger partial charge is 0.356 e. The molecule has 2 rings (SSSR count). The number of carbonyl (C=O) groups is 1. The van der Waals surface area contributed by atoms with Crippen LogP contribution in [0.5, 0.6) is 0 Å². The van der Waals surface area contributed by atoms with E-state index in [4.69, 9.17) is 11.6 Å². The van der Waals surface area contributed by atoms with Crippen molar-refractivity contribution in [3.05, 3.63) is 22.3 Å². The molecule has 2 heterocycles. The Balaban J connectivity index is 2.29. The number of halogens is 2. The van der Waals surface area contributed by atoms with E-state index in [0.717, 1.165) is 23.4 Å². The quantitative estimate of drug-likeness (QED) is 0.785. The summed E-state index contributed by atoms with van der Waals surface area (Å²) in [7, 11) is 0. The van der Waals surface area contributed by atoms with E-state index in [2.05, 4.69) is 25.8 Å². The number of anilines is 1. The maximum atomic E-state index is 10.9. The zero-order chi connectivity index (χ0) is 10.8. The number of pyridine rings is 1. The fourth-order valence-corrected chi connectivity index (χ4v) is 2.40. The number of carbonyl (C=O) groups excluding carboxylic acids is 1. The fourth-order valence-electron chi connectivity index (χ4n) is 1.70. The van der Waals surface area contributed by atoms with Crippen molar-refractivity contribution in [2.24, 2.45) is 0 Å². The Morgan fingerprint density at radius 3 is 2.67 bits per heavy atom. The van der Waals surface area contributed by atoms with Crippen LogP contribution in [0.2, 0.25) is 0 Å². The third-order valence-electron chi connectivity index (χ3n) is 2.45. The van der Waals surface area contributed by atoms with Crippen molar-refractivity contribution in [2.45, 2.75) is 12.8 Å². The monoisotopic (exact) mass is 288 g/mol. The van der Waals surface area contributed by atoms with Gasteiger partial charge in [-0.05, 0) is 46.4 Å². The van der Waals surface area contributed by atoms with E-state index < -0.39 is 5.24 Å². The second-order valence-electron chi connectivity index (χ2n) is 3.50. The molecule has 1 saturated heterocycles. The highest BCUT2D eigenvalue weighted by Gasteiger charge is 2.17. The Morgan fingerprint density at radius 1 is 1.47 bits per heavy atom. The zero-order valence-corrected chi connectivity index (χ0v) is 10.4. The summed E-state index contributed by atoms with van der Waals surface area (Å²) >= 11 is 8.78. The minimum atomic E-state index is -0.476. The molecule has 15 heavy (non-hydrogen) atoms. The van der Waals surface area contributed by atoms with Gasteiger partial charge in [-0.1, -0.05) is 0 Å². The van der Waals surface area contributed by atoms with Crippen LogP contribution >= 0.6 is 27.5 Å². The third-order valence-corrected chi connectivity index (χ3v) is 3.26. The molecule has 1 aromatic heterocycles. The summed E-state index contributed by atoms with van der Waals surface area (Å²) < 4.78 is 0.830. The minimum absolute atomic E-state index is 0.423. The molecule has 0 atom stereocenters. The second kappa shape index (κ2) is 4.49. The smallest absolute Gasteiger partial charge is 0.253 e. The Morgan fingerprint density at radius 2 is 2.13 bits per heavy atom. The normalized spacial score (nSPS) is 15.7. The maximum Gasteiger partial charge on any atom is 0.253 e. The van der Waals surface area contributed by atoms with Crippen molar-refractivity contribution < 1.29 is 4.79 Å². The van der Waals surface area contributed by atoms with Gasteiger partial charge in [0, 0.05) is 19.3 Å². The molecule has 0 N–H and O–H groups in total. The average molecular weight is 290 g/mol. The lowest BCUT2D eigenvalue weighted by molar-refractivity contribution is 0.108. The van der Waals surface area contributed by atoms with Crippen LogP contribution < -0.4 is 4.90 Å². The molecule has 5 heteroatoms. The van der Waals surface area contributed by atoms with Crippen molar-refractivity contribution in [1.29, 1.82) is 0 Å². The van der Waals surface area contributed by atoms with Crippen molar-refractivity contribution in [3.8, 4) is 0 Å². The summed E-state index contributed by atoms with van der Waals surface area (Å²) in [5.41, 5.74) is 0.423. The summed E-state index contributed by atoms with van der Waals surface area (Å²) in [6.07, 6.45) is 3.92. The number of aromatic nitrogens is 1. The van der Waals surface area contributed by atoms with Gasteiger partial charge < -0.3 is 4.90 Å². The first kappa shape index (κ1) is 10.9. The summed E-state index contributed by atoms with van der Waals surface area (Å²) in [6.45, 7) is 2.06. The molecule has 1 aliphatic rings. The molecule has 80 valence electrons. The molecule has 0 aromatic carbocycles. The zero-order valence-electron chi connectivity index (χ0n) is 8.04. The van der Waals surface area contributed by atoms with E-state index in [1.165, 1.54) is 19.0 Å². The van der Waals surface area contributed by atoms with Crippen LogP contribution in [-0.4, -0.2) is 23.3 Å². The van der Waals surface area contributed by atoms with E-state index in [1.54, 1.807) is 6.07 Å². The van der Waals surface area contributed by atoms with E-state index in [0.29, 0.717) is 5.56 Å².